The number of hydrogen-bond donors (Lipinski definition) is 2. The number of nitrogens with zero attached hydrogens (tertiary/aromatic N) is 1. The van der Waals surface area contributed by atoms with Gasteiger partial charge in [-0.2, -0.15) is 5.10 Å². The van der Waals surface area contributed by atoms with Crippen LogP contribution in [0.25, 0.3) is 0 Å². The fraction of sp³-hybridized carbons (Fsp3) is 0.222. The average molecular weight is 478 g/mol. The van der Waals surface area contributed by atoms with Crippen LogP contribution in [-0.4, -0.2) is 31.2 Å². The van der Waals surface area contributed by atoms with Gasteiger partial charge in [-0.15, -0.1) is 0 Å². The maximum absolute atomic E-state index is 13.6. The lowest BCUT2D eigenvalue weighted by Gasteiger charge is -2.13. The molecule has 3 aromatic rings. The van der Waals surface area contributed by atoms with E-state index >= 15 is 0 Å². The summed E-state index contributed by atoms with van der Waals surface area (Å²) in [5, 5.41) is 6.46. The van der Waals surface area contributed by atoms with Crippen LogP contribution in [0.5, 0.6) is 11.5 Å². The molecule has 0 saturated carbocycles. The van der Waals surface area contributed by atoms with Crippen LogP contribution in [-0.2, 0) is 11.4 Å². The summed E-state index contributed by atoms with van der Waals surface area (Å²) in [5.74, 6) is -0.396. The Balaban J connectivity index is 1.49. The number of carbonyl (C=O) groups excluding carboxylic acids is 2. The molecule has 0 spiro atoms. The zero-order chi connectivity index (χ0) is 25.0. The molecule has 182 valence electrons. The summed E-state index contributed by atoms with van der Waals surface area (Å²) in [4.78, 5) is 24.0. The van der Waals surface area contributed by atoms with Crippen molar-refractivity contribution in [3.8, 4) is 11.5 Å². The predicted octanol–water partition coefficient (Wildman–Crippen LogP) is 4.38. The monoisotopic (exact) mass is 477 g/mol. The normalized spacial score (nSPS) is 10.7. The highest BCUT2D eigenvalue weighted by Crippen LogP contribution is 2.29. The zero-order valence-corrected chi connectivity index (χ0v) is 19.7. The van der Waals surface area contributed by atoms with Crippen LogP contribution in [0.3, 0.4) is 0 Å². The summed E-state index contributed by atoms with van der Waals surface area (Å²) in [6, 6.07) is 19.1. The van der Waals surface area contributed by atoms with Gasteiger partial charge in [-0.1, -0.05) is 42.0 Å². The lowest BCUT2D eigenvalue weighted by atomic mass is 10.2. The number of ether oxygens (including phenoxy) is 2. The highest BCUT2D eigenvalue weighted by molar-refractivity contribution is 5.94. The van der Waals surface area contributed by atoms with Gasteiger partial charge in [-0.05, 0) is 55.3 Å². The van der Waals surface area contributed by atoms with Crippen LogP contribution in [0.1, 0.15) is 40.4 Å². The van der Waals surface area contributed by atoms with Crippen molar-refractivity contribution in [1.29, 1.82) is 0 Å². The first kappa shape index (κ1) is 25.4. The number of rotatable bonds is 11. The molecule has 0 aliphatic heterocycles. The topological polar surface area (TPSA) is 89.0 Å². The molecule has 2 amide bonds. The van der Waals surface area contributed by atoms with Crippen LogP contribution in [0.2, 0.25) is 0 Å². The van der Waals surface area contributed by atoms with Gasteiger partial charge in [0.05, 0.1) is 18.4 Å². The van der Waals surface area contributed by atoms with Crippen molar-refractivity contribution in [2.24, 2.45) is 5.10 Å². The molecular formula is C27H28FN3O4. The Morgan fingerprint density at radius 1 is 1.00 bits per heavy atom. The highest BCUT2D eigenvalue weighted by atomic mass is 19.1. The van der Waals surface area contributed by atoms with Crippen molar-refractivity contribution >= 4 is 18.0 Å². The lowest BCUT2D eigenvalue weighted by molar-refractivity contribution is -0.120. The van der Waals surface area contributed by atoms with E-state index < -0.39 is 17.6 Å². The Bertz CT molecular complexity index is 1180. The van der Waals surface area contributed by atoms with E-state index in [-0.39, 0.29) is 18.5 Å². The molecule has 8 heteroatoms. The molecule has 3 aromatic carbocycles. The molecule has 0 saturated heterocycles. The molecule has 0 atom stereocenters. The summed E-state index contributed by atoms with van der Waals surface area (Å²) in [7, 11) is 0. The molecule has 0 aromatic heterocycles. The van der Waals surface area contributed by atoms with Gasteiger partial charge >= 0.3 is 0 Å². The Kier molecular flexibility index (Phi) is 9.36. The molecule has 0 radical (unpaired) electrons. The number of carbonyl (C=O) groups is 2. The van der Waals surface area contributed by atoms with Gasteiger partial charge in [-0.25, -0.2) is 9.82 Å². The fourth-order valence-electron chi connectivity index (χ4n) is 3.10. The zero-order valence-electron chi connectivity index (χ0n) is 19.7. The Labute approximate surface area is 204 Å². The van der Waals surface area contributed by atoms with Gasteiger partial charge in [0.1, 0.15) is 12.4 Å². The first-order valence-electron chi connectivity index (χ1n) is 11.3. The van der Waals surface area contributed by atoms with Crippen LogP contribution in [0.15, 0.2) is 71.8 Å². The van der Waals surface area contributed by atoms with Crippen molar-refractivity contribution in [2.45, 2.75) is 26.9 Å². The second-order valence-corrected chi connectivity index (χ2v) is 7.69. The van der Waals surface area contributed by atoms with Crippen molar-refractivity contribution in [3.63, 3.8) is 0 Å². The van der Waals surface area contributed by atoms with Crippen LogP contribution < -0.4 is 20.2 Å². The summed E-state index contributed by atoms with van der Waals surface area (Å²) in [6.07, 6.45) is 1.48. The summed E-state index contributed by atoms with van der Waals surface area (Å²) in [5.41, 5.74) is 5.29. The first-order valence-corrected chi connectivity index (χ1v) is 11.3. The van der Waals surface area contributed by atoms with Crippen molar-refractivity contribution in [3.05, 3.63) is 94.8 Å². The minimum atomic E-state index is -0.614. The SMILES string of the molecule is CCOc1cc(C=NNC(=O)CCNC(=O)c2ccccc2F)ccc1OCc1ccc(C)cc1. The van der Waals surface area contributed by atoms with E-state index in [0.29, 0.717) is 30.3 Å². The number of aryl methyl sites for hydroxylation is 1. The maximum Gasteiger partial charge on any atom is 0.254 e. The molecule has 0 aliphatic rings. The number of hydrogen-bond acceptors (Lipinski definition) is 5. The van der Waals surface area contributed by atoms with Crippen molar-refractivity contribution in [1.82, 2.24) is 10.7 Å². The van der Waals surface area contributed by atoms with E-state index in [2.05, 4.69) is 15.8 Å². The van der Waals surface area contributed by atoms with Gasteiger partial charge in [0.15, 0.2) is 11.5 Å². The first-order chi connectivity index (χ1) is 17.0. The molecule has 0 aliphatic carbocycles. The quantitative estimate of drug-likeness (QED) is 0.317. The lowest BCUT2D eigenvalue weighted by Crippen LogP contribution is -2.29. The number of nitrogens with one attached hydrogen (secondary N) is 2. The van der Waals surface area contributed by atoms with Gasteiger partial charge in [0, 0.05) is 13.0 Å². The minimum absolute atomic E-state index is 0.00643. The number of hydrazone groups is 1. The Hall–Kier alpha value is -4.20. The molecule has 35 heavy (non-hydrogen) atoms. The standard InChI is InChI=1S/C27H28FN3O4/c1-3-34-25-16-21(12-13-24(25)35-18-20-10-8-19(2)9-11-20)17-30-31-26(32)14-15-29-27(33)22-6-4-5-7-23(22)28/h4-13,16-17H,3,14-15,18H2,1-2H3,(H,29,33)(H,31,32). The Morgan fingerprint density at radius 2 is 1.77 bits per heavy atom. The smallest absolute Gasteiger partial charge is 0.254 e. The third-order valence-corrected chi connectivity index (χ3v) is 4.94. The van der Waals surface area contributed by atoms with Crippen LogP contribution >= 0.6 is 0 Å². The summed E-state index contributed by atoms with van der Waals surface area (Å²) < 4.78 is 25.2. The summed E-state index contributed by atoms with van der Waals surface area (Å²) >= 11 is 0. The summed E-state index contributed by atoms with van der Waals surface area (Å²) in [6.45, 7) is 4.85. The third kappa shape index (κ3) is 7.96. The largest absolute Gasteiger partial charge is 0.490 e. The minimum Gasteiger partial charge on any atom is -0.490 e. The van der Waals surface area contributed by atoms with E-state index in [1.165, 1.54) is 30.0 Å². The van der Waals surface area contributed by atoms with E-state index in [0.717, 1.165) is 5.56 Å². The average Bonchev–Trinajstić information content (AvgIpc) is 2.85. The third-order valence-electron chi connectivity index (χ3n) is 4.94. The Morgan fingerprint density at radius 3 is 2.51 bits per heavy atom. The predicted molar refractivity (Wildman–Crippen MR) is 132 cm³/mol. The van der Waals surface area contributed by atoms with Gasteiger partial charge in [-0.3, -0.25) is 9.59 Å². The molecule has 3 rings (SSSR count). The van der Waals surface area contributed by atoms with Gasteiger partial charge in [0.25, 0.3) is 5.91 Å². The van der Waals surface area contributed by atoms with Crippen LogP contribution in [0.4, 0.5) is 4.39 Å². The van der Waals surface area contributed by atoms with Crippen molar-refractivity contribution in [2.75, 3.05) is 13.2 Å². The number of benzene rings is 3. The number of amides is 2. The molecular weight excluding hydrogens is 449 g/mol. The maximum atomic E-state index is 13.6. The van der Waals surface area contributed by atoms with Crippen molar-refractivity contribution < 1.29 is 23.5 Å². The molecule has 0 bridgehead atoms. The van der Waals surface area contributed by atoms with Gasteiger partial charge in [0.2, 0.25) is 5.91 Å². The number of halogens is 1. The van der Waals surface area contributed by atoms with E-state index in [4.69, 9.17) is 9.47 Å². The van der Waals surface area contributed by atoms with E-state index in [1.54, 1.807) is 24.3 Å². The van der Waals surface area contributed by atoms with Gasteiger partial charge < -0.3 is 14.8 Å². The van der Waals surface area contributed by atoms with Crippen LogP contribution in [0, 0.1) is 12.7 Å². The molecule has 0 fully saturated rings. The highest BCUT2D eigenvalue weighted by Gasteiger charge is 2.11. The second kappa shape index (κ2) is 12.9. The second-order valence-electron chi connectivity index (χ2n) is 7.69. The molecule has 0 unspecified atom stereocenters. The molecule has 2 N–H and O–H groups in total. The molecule has 0 heterocycles. The van der Waals surface area contributed by atoms with E-state index in [9.17, 15) is 14.0 Å². The molecule has 7 nitrogen and oxygen atoms in total. The fourth-order valence-corrected chi connectivity index (χ4v) is 3.10. The van der Waals surface area contributed by atoms with E-state index in [1.807, 2.05) is 38.1 Å².